The molecule has 0 amide bonds. The van der Waals surface area contributed by atoms with E-state index in [9.17, 15) is 0 Å². The highest BCUT2D eigenvalue weighted by atomic mass is 15.1. The van der Waals surface area contributed by atoms with Gasteiger partial charge in [0, 0.05) is 26.2 Å². The van der Waals surface area contributed by atoms with Crippen LogP contribution >= 0.6 is 0 Å². The van der Waals surface area contributed by atoms with Crippen molar-refractivity contribution >= 4 is 0 Å². The van der Waals surface area contributed by atoms with E-state index in [1.54, 1.807) is 0 Å². The Hall–Kier alpha value is -0.340. The van der Waals surface area contributed by atoms with Crippen molar-refractivity contribution in [2.45, 2.75) is 32.1 Å². The van der Waals surface area contributed by atoms with Crippen LogP contribution in [-0.4, -0.2) is 37.6 Å². The number of rotatable bonds is 5. The van der Waals surface area contributed by atoms with E-state index in [1.807, 2.05) is 6.08 Å². The second-order valence-electron chi connectivity index (χ2n) is 5.39. The highest BCUT2D eigenvalue weighted by Gasteiger charge is 2.30. The zero-order chi connectivity index (χ0) is 11.2. The summed E-state index contributed by atoms with van der Waals surface area (Å²) in [6, 6.07) is 0. The first-order chi connectivity index (χ1) is 7.90. The van der Waals surface area contributed by atoms with Gasteiger partial charge < -0.3 is 10.2 Å². The molecule has 16 heavy (non-hydrogen) atoms. The van der Waals surface area contributed by atoms with E-state index in [-0.39, 0.29) is 0 Å². The molecule has 1 N–H and O–H groups in total. The maximum absolute atomic E-state index is 3.72. The predicted octanol–water partition coefficient (Wildman–Crippen LogP) is 2.27. The molecule has 0 aromatic heterocycles. The summed E-state index contributed by atoms with van der Waals surface area (Å²) < 4.78 is 0. The fourth-order valence-corrected chi connectivity index (χ4v) is 3.32. The van der Waals surface area contributed by atoms with E-state index in [2.05, 4.69) is 16.8 Å². The summed E-state index contributed by atoms with van der Waals surface area (Å²) in [6.45, 7) is 9.69. The summed E-state index contributed by atoms with van der Waals surface area (Å²) in [4.78, 5) is 2.66. The lowest BCUT2D eigenvalue weighted by Crippen LogP contribution is -2.44. The molecule has 0 radical (unpaired) electrons. The van der Waals surface area contributed by atoms with Crippen LogP contribution in [0.25, 0.3) is 0 Å². The van der Waals surface area contributed by atoms with E-state index in [1.165, 1.54) is 51.7 Å². The smallest absolute Gasteiger partial charge is 0.0132 e. The van der Waals surface area contributed by atoms with E-state index < -0.39 is 0 Å². The minimum Gasteiger partial charge on any atom is -0.312 e. The van der Waals surface area contributed by atoms with Crippen molar-refractivity contribution in [3.63, 3.8) is 0 Å². The molecule has 1 aliphatic heterocycles. The van der Waals surface area contributed by atoms with Gasteiger partial charge in [0.2, 0.25) is 0 Å². The number of nitrogens with one attached hydrogen (secondary N) is 1. The normalized spacial score (nSPS) is 31.0. The van der Waals surface area contributed by atoms with E-state index >= 15 is 0 Å². The SMILES string of the molecule is C=CCNCCN1CCC2CCCCC2C1. The van der Waals surface area contributed by atoms with E-state index in [0.29, 0.717) is 0 Å². The largest absolute Gasteiger partial charge is 0.312 e. The maximum atomic E-state index is 3.72. The van der Waals surface area contributed by atoms with Crippen LogP contribution in [-0.2, 0) is 0 Å². The highest BCUT2D eigenvalue weighted by molar-refractivity contribution is 4.83. The second-order valence-corrected chi connectivity index (χ2v) is 5.39. The molecule has 1 heterocycles. The molecule has 1 saturated heterocycles. The Morgan fingerprint density at radius 3 is 2.81 bits per heavy atom. The summed E-state index contributed by atoms with van der Waals surface area (Å²) in [6.07, 6.45) is 9.35. The number of piperidine rings is 1. The highest BCUT2D eigenvalue weighted by Crippen LogP contribution is 2.35. The molecule has 2 atom stereocenters. The lowest BCUT2D eigenvalue weighted by atomic mass is 9.75. The van der Waals surface area contributed by atoms with Gasteiger partial charge in [-0.3, -0.25) is 0 Å². The average molecular weight is 222 g/mol. The van der Waals surface area contributed by atoms with Crippen molar-refractivity contribution < 1.29 is 0 Å². The first-order valence-electron chi connectivity index (χ1n) is 6.94. The van der Waals surface area contributed by atoms with Gasteiger partial charge in [-0.1, -0.05) is 25.3 Å². The Bertz CT molecular complexity index is 215. The van der Waals surface area contributed by atoms with Crippen LogP contribution < -0.4 is 5.32 Å². The van der Waals surface area contributed by atoms with Gasteiger partial charge in [-0.05, 0) is 31.2 Å². The fraction of sp³-hybridized carbons (Fsp3) is 0.857. The number of fused-ring (bicyclic) bond motifs is 1. The minimum atomic E-state index is 0.944. The van der Waals surface area contributed by atoms with Gasteiger partial charge in [0.25, 0.3) is 0 Å². The number of hydrogen-bond acceptors (Lipinski definition) is 2. The van der Waals surface area contributed by atoms with Crippen LogP contribution in [0.4, 0.5) is 0 Å². The Kier molecular flexibility index (Phi) is 4.86. The van der Waals surface area contributed by atoms with Crippen LogP contribution in [0.2, 0.25) is 0 Å². The first kappa shape index (κ1) is 12.1. The third-order valence-corrected chi connectivity index (χ3v) is 4.27. The molecule has 0 bridgehead atoms. The van der Waals surface area contributed by atoms with Gasteiger partial charge in [-0.25, -0.2) is 0 Å². The lowest BCUT2D eigenvalue weighted by molar-refractivity contribution is 0.0878. The molecule has 2 aliphatic rings. The summed E-state index contributed by atoms with van der Waals surface area (Å²) in [7, 11) is 0. The lowest BCUT2D eigenvalue weighted by Gasteiger charge is -2.41. The van der Waals surface area contributed by atoms with Gasteiger partial charge in [0.15, 0.2) is 0 Å². The third kappa shape index (κ3) is 3.33. The maximum Gasteiger partial charge on any atom is 0.0132 e. The quantitative estimate of drug-likeness (QED) is 0.567. The van der Waals surface area contributed by atoms with Crippen molar-refractivity contribution in [1.29, 1.82) is 0 Å². The van der Waals surface area contributed by atoms with E-state index in [4.69, 9.17) is 0 Å². The van der Waals surface area contributed by atoms with Gasteiger partial charge in [-0.15, -0.1) is 6.58 Å². The molecule has 2 rings (SSSR count). The molecule has 2 nitrogen and oxygen atoms in total. The molecule has 0 aromatic carbocycles. The zero-order valence-corrected chi connectivity index (χ0v) is 10.5. The van der Waals surface area contributed by atoms with Crippen LogP contribution in [0.1, 0.15) is 32.1 Å². The van der Waals surface area contributed by atoms with Gasteiger partial charge in [-0.2, -0.15) is 0 Å². The van der Waals surface area contributed by atoms with Crippen LogP contribution in [0.15, 0.2) is 12.7 Å². The first-order valence-corrected chi connectivity index (χ1v) is 6.94. The molecule has 0 aromatic rings. The van der Waals surface area contributed by atoms with Gasteiger partial charge in [0.05, 0.1) is 0 Å². The Labute approximate surface area is 100 Å². The second kappa shape index (κ2) is 6.41. The van der Waals surface area contributed by atoms with Crippen LogP contribution in [0.3, 0.4) is 0 Å². The van der Waals surface area contributed by atoms with Gasteiger partial charge in [0.1, 0.15) is 0 Å². The number of nitrogens with zero attached hydrogens (tertiary/aromatic N) is 1. The van der Waals surface area contributed by atoms with Crippen molar-refractivity contribution in [2.24, 2.45) is 11.8 Å². The summed E-state index contributed by atoms with van der Waals surface area (Å²) >= 11 is 0. The predicted molar refractivity (Wildman–Crippen MR) is 69.6 cm³/mol. The van der Waals surface area contributed by atoms with Crippen LogP contribution in [0.5, 0.6) is 0 Å². The van der Waals surface area contributed by atoms with E-state index in [0.717, 1.165) is 24.9 Å². The monoisotopic (exact) mass is 222 g/mol. The molecule has 92 valence electrons. The minimum absolute atomic E-state index is 0.944. The fourth-order valence-electron chi connectivity index (χ4n) is 3.32. The molecule has 1 aliphatic carbocycles. The van der Waals surface area contributed by atoms with Crippen molar-refractivity contribution in [3.8, 4) is 0 Å². The Morgan fingerprint density at radius 2 is 2.00 bits per heavy atom. The third-order valence-electron chi connectivity index (χ3n) is 4.27. The summed E-state index contributed by atoms with van der Waals surface area (Å²) in [5.41, 5.74) is 0. The number of hydrogen-bond donors (Lipinski definition) is 1. The molecular weight excluding hydrogens is 196 g/mol. The molecule has 1 saturated carbocycles. The zero-order valence-electron chi connectivity index (χ0n) is 10.5. The molecule has 0 spiro atoms. The number of likely N-dealkylation sites (tertiary alicyclic amines) is 1. The van der Waals surface area contributed by atoms with Crippen molar-refractivity contribution in [2.75, 3.05) is 32.7 Å². The molecule has 2 unspecified atom stereocenters. The van der Waals surface area contributed by atoms with Crippen LogP contribution in [0, 0.1) is 11.8 Å². The van der Waals surface area contributed by atoms with Crippen molar-refractivity contribution in [1.82, 2.24) is 10.2 Å². The topological polar surface area (TPSA) is 15.3 Å². The standard InChI is InChI=1S/C14H26N2/c1-2-8-15-9-11-16-10-7-13-5-3-4-6-14(13)12-16/h2,13-15H,1,3-12H2. The van der Waals surface area contributed by atoms with Crippen molar-refractivity contribution in [3.05, 3.63) is 12.7 Å². The summed E-state index contributed by atoms with van der Waals surface area (Å²) in [5.74, 6) is 2.08. The molecule has 2 heteroatoms. The average Bonchev–Trinajstić information content (AvgIpc) is 2.34. The summed E-state index contributed by atoms with van der Waals surface area (Å²) in [5, 5.41) is 3.39. The Balaban J connectivity index is 1.66. The Morgan fingerprint density at radius 1 is 1.19 bits per heavy atom. The molecule has 2 fully saturated rings. The molecular formula is C14H26N2. The van der Waals surface area contributed by atoms with Gasteiger partial charge >= 0.3 is 0 Å².